The summed E-state index contributed by atoms with van der Waals surface area (Å²) in [5.74, 6) is 1.34. The molecule has 1 aromatic carbocycles. The van der Waals surface area contributed by atoms with Crippen LogP contribution in [0.4, 0.5) is 5.82 Å². The van der Waals surface area contributed by atoms with Gasteiger partial charge in [0.25, 0.3) is 0 Å². The van der Waals surface area contributed by atoms with Crippen LogP contribution in [-0.4, -0.2) is 39.5 Å². The Balaban J connectivity index is 1.76. The van der Waals surface area contributed by atoms with Crippen molar-refractivity contribution in [1.29, 1.82) is 0 Å². The second-order valence-corrected chi connectivity index (χ2v) is 5.30. The van der Waals surface area contributed by atoms with Crippen LogP contribution in [0.1, 0.15) is 12.8 Å². The zero-order valence-corrected chi connectivity index (χ0v) is 11.7. The standard InChI is InChI=1S/C14H15ClN4O/c15-11-3-1-10(2-4-11)14-16-9-13(17-18-14)19-7-5-12(20)6-8-19/h1-4,9,12,20H,5-8H2. The molecule has 6 heteroatoms. The van der Waals surface area contributed by atoms with Crippen LogP contribution in [0.3, 0.4) is 0 Å². The van der Waals surface area contributed by atoms with Crippen LogP contribution in [0.2, 0.25) is 5.02 Å². The Hall–Kier alpha value is -1.72. The minimum absolute atomic E-state index is 0.194. The molecule has 1 fully saturated rings. The number of halogens is 1. The van der Waals surface area contributed by atoms with E-state index in [0.29, 0.717) is 10.8 Å². The largest absolute Gasteiger partial charge is 0.393 e. The molecule has 5 nitrogen and oxygen atoms in total. The van der Waals surface area contributed by atoms with E-state index in [2.05, 4.69) is 20.1 Å². The van der Waals surface area contributed by atoms with Crippen LogP contribution in [0, 0.1) is 0 Å². The fourth-order valence-electron chi connectivity index (χ4n) is 2.24. The lowest BCUT2D eigenvalue weighted by molar-refractivity contribution is 0.145. The highest BCUT2D eigenvalue weighted by Crippen LogP contribution is 2.20. The number of aromatic nitrogens is 3. The summed E-state index contributed by atoms with van der Waals surface area (Å²) in [7, 11) is 0. The molecule has 2 heterocycles. The van der Waals surface area contributed by atoms with Gasteiger partial charge >= 0.3 is 0 Å². The number of aliphatic hydroxyl groups is 1. The van der Waals surface area contributed by atoms with Gasteiger partial charge in [-0.2, -0.15) is 0 Å². The molecule has 0 radical (unpaired) electrons. The molecule has 1 aliphatic heterocycles. The molecule has 0 spiro atoms. The first kappa shape index (κ1) is 13.3. The summed E-state index contributed by atoms with van der Waals surface area (Å²) in [6.45, 7) is 1.58. The molecule has 20 heavy (non-hydrogen) atoms. The average molecular weight is 291 g/mol. The third-order valence-electron chi connectivity index (χ3n) is 3.44. The molecule has 1 aliphatic rings. The van der Waals surface area contributed by atoms with Crippen molar-refractivity contribution < 1.29 is 5.11 Å². The van der Waals surface area contributed by atoms with Crippen molar-refractivity contribution in [1.82, 2.24) is 15.2 Å². The summed E-state index contributed by atoms with van der Waals surface area (Å²) < 4.78 is 0. The van der Waals surface area contributed by atoms with Crippen LogP contribution in [-0.2, 0) is 0 Å². The number of benzene rings is 1. The van der Waals surface area contributed by atoms with Crippen molar-refractivity contribution in [2.24, 2.45) is 0 Å². The topological polar surface area (TPSA) is 62.1 Å². The van der Waals surface area contributed by atoms with Gasteiger partial charge in [-0.25, -0.2) is 4.98 Å². The first-order valence-corrected chi connectivity index (χ1v) is 6.99. The molecule has 0 saturated carbocycles. The van der Waals surface area contributed by atoms with Gasteiger partial charge in [-0.05, 0) is 37.1 Å². The lowest BCUT2D eigenvalue weighted by atomic mass is 10.1. The van der Waals surface area contributed by atoms with Gasteiger partial charge in [0.1, 0.15) is 0 Å². The zero-order chi connectivity index (χ0) is 13.9. The molecule has 1 N–H and O–H groups in total. The van der Waals surface area contributed by atoms with Crippen molar-refractivity contribution in [2.45, 2.75) is 18.9 Å². The monoisotopic (exact) mass is 290 g/mol. The highest BCUT2D eigenvalue weighted by molar-refractivity contribution is 6.30. The van der Waals surface area contributed by atoms with Crippen molar-refractivity contribution >= 4 is 17.4 Å². The highest BCUT2D eigenvalue weighted by atomic mass is 35.5. The second-order valence-electron chi connectivity index (χ2n) is 4.87. The van der Waals surface area contributed by atoms with E-state index in [-0.39, 0.29) is 6.10 Å². The molecule has 1 aromatic heterocycles. The molecule has 0 aliphatic carbocycles. The summed E-state index contributed by atoms with van der Waals surface area (Å²) in [5, 5.41) is 18.6. The van der Waals surface area contributed by atoms with Crippen molar-refractivity contribution in [2.75, 3.05) is 18.0 Å². The highest BCUT2D eigenvalue weighted by Gasteiger charge is 2.18. The molecule has 0 unspecified atom stereocenters. The fraction of sp³-hybridized carbons (Fsp3) is 0.357. The van der Waals surface area contributed by atoms with E-state index in [9.17, 15) is 5.11 Å². The normalized spacial score (nSPS) is 16.4. The van der Waals surface area contributed by atoms with Crippen LogP contribution in [0.25, 0.3) is 11.4 Å². The van der Waals surface area contributed by atoms with Gasteiger partial charge in [0.15, 0.2) is 11.6 Å². The Morgan fingerprint density at radius 1 is 1.10 bits per heavy atom. The number of aliphatic hydroxyl groups excluding tert-OH is 1. The molecular formula is C14H15ClN4O. The van der Waals surface area contributed by atoms with Gasteiger partial charge in [0, 0.05) is 23.7 Å². The fourth-order valence-corrected chi connectivity index (χ4v) is 2.37. The molecule has 0 atom stereocenters. The molecule has 3 rings (SSSR count). The van der Waals surface area contributed by atoms with Crippen molar-refractivity contribution in [3.8, 4) is 11.4 Å². The average Bonchev–Trinajstić information content (AvgIpc) is 2.49. The lowest BCUT2D eigenvalue weighted by Gasteiger charge is -2.29. The summed E-state index contributed by atoms with van der Waals surface area (Å²) in [6, 6.07) is 7.35. The molecule has 2 aromatic rings. The maximum atomic E-state index is 9.50. The lowest BCUT2D eigenvalue weighted by Crippen LogP contribution is -2.36. The summed E-state index contributed by atoms with van der Waals surface area (Å²) in [5.41, 5.74) is 0.891. The second kappa shape index (κ2) is 5.73. The SMILES string of the molecule is OC1CCN(c2cnc(-c3ccc(Cl)cc3)nn2)CC1. The maximum absolute atomic E-state index is 9.50. The predicted octanol–water partition coefficient (Wildman–Crippen LogP) is 2.15. The smallest absolute Gasteiger partial charge is 0.181 e. The van der Waals surface area contributed by atoms with Gasteiger partial charge in [-0.3, -0.25) is 0 Å². The van der Waals surface area contributed by atoms with Gasteiger partial charge in [-0.15, -0.1) is 10.2 Å². The number of piperidine rings is 1. The number of anilines is 1. The van der Waals surface area contributed by atoms with Gasteiger partial charge < -0.3 is 10.0 Å². The minimum Gasteiger partial charge on any atom is -0.393 e. The third kappa shape index (κ3) is 2.89. The Kier molecular flexibility index (Phi) is 3.80. The van der Waals surface area contributed by atoms with Crippen LogP contribution >= 0.6 is 11.6 Å². The zero-order valence-electron chi connectivity index (χ0n) is 10.9. The van der Waals surface area contributed by atoms with Gasteiger partial charge in [0.2, 0.25) is 0 Å². The van der Waals surface area contributed by atoms with E-state index in [1.54, 1.807) is 18.3 Å². The molecule has 0 amide bonds. The van der Waals surface area contributed by atoms with E-state index in [4.69, 9.17) is 11.6 Å². The summed E-state index contributed by atoms with van der Waals surface area (Å²) in [6.07, 6.45) is 3.07. The summed E-state index contributed by atoms with van der Waals surface area (Å²) >= 11 is 5.85. The predicted molar refractivity (Wildman–Crippen MR) is 77.7 cm³/mol. The van der Waals surface area contributed by atoms with E-state index in [1.165, 1.54) is 0 Å². The first-order chi connectivity index (χ1) is 9.72. The number of nitrogens with zero attached hydrogens (tertiary/aromatic N) is 4. The quantitative estimate of drug-likeness (QED) is 0.918. The van der Waals surface area contributed by atoms with Crippen molar-refractivity contribution in [3.05, 3.63) is 35.5 Å². The Labute approximate surface area is 122 Å². The Bertz CT molecular complexity index is 565. The van der Waals surface area contributed by atoms with Crippen molar-refractivity contribution in [3.63, 3.8) is 0 Å². The number of hydrogen-bond donors (Lipinski definition) is 1. The molecular weight excluding hydrogens is 276 g/mol. The van der Waals surface area contributed by atoms with Crippen LogP contribution in [0.15, 0.2) is 30.5 Å². The molecule has 104 valence electrons. The minimum atomic E-state index is -0.194. The van der Waals surface area contributed by atoms with E-state index < -0.39 is 0 Å². The van der Waals surface area contributed by atoms with Gasteiger partial charge in [-0.1, -0.05) is 11.6 Å². The van der Waals surface area contributed by atoms with E-state index in [1.807, 2.05) is 12.1 Å². The number of rotatable bonds is 2. The number of hydrogen-bond acceptors (Lipinski definition) is 5. The summed E-state index contributed by atoms with van der Waals surface area (Å²) in [4.78, 5) is 6.45. The maximum Gasteiger partial charge on any atom is 0.181 e. The first-order valence-electron chi connectivity index (χ1n) is 6.61. The Morgan fingerprint density at radius 2 is 1.80 bits per heavy atom. The van der Waals surface area contributed by atoms with Crippen LogP contribution in [0.5, 0.6) is 0 Å². The van der Waals surface area contributed by atoms with E-state index >= 15 is 0 Å². The third-order valence-corrected chi connectivity index (χ3v) is 3.69. The van der Waals surface area contributed by atoms with Crippen LogP contribution < -0.4 is 4.90 Å². The molecule has 1 saturated heterocycles. The Morgan fingerprint density at radius 3 is 2.40 bits per heavy atom. The van der Waals surface area contributed by atoms with Gasteiger partial charge in [0.05, 0.1) is 12.3 Å². The molecule has 0 bridgehead atoms. The van der Waals surface area contributed by atoms with E-state index in [0.717, 1.165) is 37.3 Å².